The van der Waals surface area contributed by atoms with Gasteiger partial charge in [-0.3, -0.25) is 9.69 Å². The second-order valence-corrected chi connectivity index (χ2v) is 4.23. The Balaban J connectivity index is 1.97. The first kappa shape index (κ1) is 12.5. The highest BCUT2D eigenvalue weighted by Crippen LogP contribution is 2.07. The Bertz CT molecular complexity index is 176. The zero-order chi connectivity index (χ0) is 10.9. The van der Waals surface area contributed by atoms with Crippen molar-refractivity contribution in [3.05, 3.63) is 0 Å². The summed E-state index contributed by atoms with van der Waals surface area (Å²) in [6.45, 7) is 5.92. The number of carbonyl (C=O) groups is 1. The van der Waals surface area contributed by atoms with Gasteiger partial charge in [0.25, 0.3) is 0 Å². The van der Waals surface area contributed by atoms with Crippen LogP contribution in [0.15, 0.2) is 0 Å². The highest BCUT2D eigenvalue weighted by Gasteiger charge is 2.10. The van der Waals surface area contributed by atoms with Gasteiger partial charge in [0.2, 0.25) is 0 Å². The van der Waals surface area contributed by atoms with Gasteiger partial charge in [0.05, 0.1) is 0 Å². The Morgan fingerprint density at radius 2 is 2.00 bits per heavy atom. The average molecular weight is 213 g/mol. The first-order valence-electron chi connectivity index (χ1n) is 6.21. The van der Waals surface area contributed by atoms with Crippen LogP contribution in [0, 0.1) is 0 Å². The molecule has 15 heavy (non-hydrogen) atoms. The van der Waals surface area contributed by atoms with Crippen LogP contribution in [-0.4, -0.2) is 37.1 Å². The number of hydrogen-bond donors (Lipinski definition) is 0. The van der Waals surface area contributed by atoms with Gasteiger partial charge in [-0.2, -0.15) is 0 Å². The number of nitrogens with zero attached hydrogens (tertiary/aromatic N) is 1. The van der Waals surface area contributed by atoms with E-state index in [0.717, 1.165) is 19.4 Å². The van der Waals surface area contributed by atoms with Crippen LogP contribution in [0.2, 0.25) is 0 Å². The predicted octanol–water partition coefficient (Wildman–Crippen LogP) is 2.21. The van der Waals surface area contributed by atoms with Crippen LogP contribution in [0.25, 0.3) is 0 Å². The minimum absolute atomic E-state index is 0.0335. The standard InChI is InChI=1S/C12H23NO2/c1-2-3-7-12(14)15-11-10-13-8-5-4-6-9-13/h2-11H2,1H3. The number of hydrogen-bond acceptors (Lipinski definition) is 3. The van der Waals surface area contributed by atoms with Crippen molar-refractivity contribution in [1.82, 2.24) is 4.90 Å². The van der Waals surface area contributed by atoms with E-state index in [1.54, 1.807) is 0 Å². The summed E-state index contributed by atoms with van der Waals surface area (Å²) in [6, 6.07) is 0. The van der Waals surface area contributed by atoms with E-state index >= 15 is 0 Å². The molecule has 0 aromatic rings. The lowest BCUT2D eigenvalue weighted by Crippen LogP contribution is -2.33. The highest BCUT2D eigenvalue weighted by atomic mass is 16.5. The summed E-state index contributed by atoms with van der Waals surface area (Å²) in [4.78, 5) is 13.6. The fraction of sp³-hybridized carbons (Fsp3) is 0.917. The molecular weight excluding hydrogens is 190 g/mol. The molecule has 0 N–H and O–H groups in total. The van der Waals surface area contributed by atoms with Crippen molar-refractivity contribution in [2.24, 2.45) is 0 Å². The second-order valence-electron chi connectivity index (χ2n) is 4.23. The fourth-order valence-corrected chi connectivity index (χ4v) is 1.86. The van der Waals surface area contributed by atoms with E-state index in [2.05, 4.69) is 11.8 Å². The number of esters is 1. The third kappa shape index (κ3) is 5.78. The van der Waals surface area contributed by atoms with Crippen molar-refractivity contribution in [3.8, 4) is 0 Å². The Hall–Kier alpha value is -0.570. The van der Waals surface area contributed by atoms with E-state index in [1.807, 2.05) is 0 Å². The van der Waals surface area contributed by atoms with Crippen molar-refractivity contribution in [1.29, 1.82) is 0 Å². The normalized spacial score (nSPS) is 17.7. The van der Waals surface area contributed by atoms with Crippen molar-refractivity contribution >= 4 is 5.97 Å². The maximum absolute atomic E-state index is 11.2. The van der Waals surface area contributed by atoms with E-state index in [9.17, 15) is 4.79 Å². The molecule has 1 rings (SSSR count). The predicted molar refractivity (Wildman–Crippen MR) is 60.8 cm³/mol. The molecule has 0 aliphatic carbocycles. The largest absolute Gasteiger partial charge is 0.464 e. The molecule has 1 aliphatic heterocycles. The van der Waals surface area contributed by atoms with Crippen LogP contribution in [-0.2, 0) is 9.53 Å². The molecular formula is C12H23NO2. The van der Waals surface area contributed by atoms with Gasteiger partial charge >= 0.3 is 5.97 Å². The summed E-state index contributed by atoms with van der Waals surface area (Å²) >= 11 is 0. The van der Waals surface area contributed by atoms with Crippen molar-refractivity contribution in [2.45, 2.75) is 45.4 Å². The summed E-state index contributed by atoms with van der Waals surface area (Å²) in [6.07, 6.45) is 6.53. The highest BCUT2D eigenvalue weighted by molar-refractivity contribution is 5.69. The molecule has 1 fully saturated rings. The average Bonchev–Trinajstić information content (AvgIpc) is 2.28. The Labute approximate surface area is 92.8 Å². The lowest BCUT2D eigenvalue weighted by atomic mass is 10.1. The third-order valence-electron chi connectivity index (χ3n) is 2.85. The molecule has 0 aromatic heterocycles. The maximum Gasteiger partial charge on any atom is 0.305 e. The zero-order valence-electron chi connectivity index (χ0n) is 9.83. The molecule has 0 atom stereocenters. The maximum atomic E-state index is 11.2. The minimum atomic E-state index is -0.0335. The van der Waals surface area contributed by atoms with Crippen molar-refractivity contribution in [2.75, 3.05) is 26.2 Å². The number of carbonyl (C=O) groups excluding carboxylic acids is 1. The van der Waals surface area contributed by atoms with Crippen LogP contribution < -0.4 is 0 Å². The molecule has 0 aromatic carbocycles. The SMILES string of the molecule is CCCCC(=O)OCCN1CCCCC1. The smallest absolute Gasteiger partial charge is 0.305 e. The quantitative estimate of drug-likeness (QED) is 0.633. The topological polar surface area (TPSA) is 29.5 Å². The molecule has 1 aliphatic rings. The summed E-state index contributed by atoms with van der Waals surface area (Å²) in [5.41, 5.74) is 0. The first-order valence-corrected chi connectivity index (χ1v) is 6.21. The van der Waals surface area contributed by atoms with Gasteiger partial charge < -0.3 is 4.74 Å². The molecule has 0 radical (unpaired) electrons. The van der Waals surface area contributed by atoms with Crippen molar-refractivity contribution in [3.63, 3.8) is 0 Å². The molecule has 3 heteroatoms. The number of likely N-dealkylation sites (tertiary alicyclic amines) is 1. The van der Waals surface area contributed by atoms with E-state index < -0.39 is 0 Å². The van der Waals surface area contributed by atoms with Crippen LogP contribution in [0.3, 0.4) is 0 Å². The van der Waals surface area contributed by atoms with Crippen molar-refractivity contribution < 1.29 is 9.53 Å². The Morgan fingerprint density at radius 1 is 1.27 bits per heavy atom. The molecule has 88 valence electrons. The van der Waals surface area contributed by atoms with Gasteiger partial charge in [0.1, 0.15) is 6.61 Å². The van der Waals surface area contributed by atoms with Crippen LogP contribution >= 0.6 is 0 Å². The van der Waals surface area contributed by atoms with Crippen LogP contribution in [0.4, 0.5) is 0 Å². The summed E-state index contributed by atoms with van der Waals surface area (Å²) < 4.78 is 5.17. The van der Waals surface area contributed by atoms with E-state index in [4.69, 9.17) is 4.74 Å². The van der Waals surface area contributed by atoms with Gasteiger partial charge in [-0.15, -0.1) is 0 Å². The number of ether oxygens (including phenoxy) is 1. The monoisotopic (exact) mass is 213 g/mol. The molecule has 0 unspecified atom stereocenters. The molecule has 1 saturated heterocycles. The molecule has 0 amide bonds. The lowest BCUT2D eigenvalue weighted by Gasteiger charge is -2.25. The molecule has 0 saturated carbocycles. The number of unbranched alkanes of at least 4 members (excludes halogenated alkanes) is 1. The number of piperidine rings is 1. The molecule has 0 spiro atoms. The fourth-order valence-electron chi connectivity index (χ4n) is 1.86. The third-order valence-corrected chi connectivity index (χ3v) is 2.85. The molecule has 0 bridgehead atoms. The van der Waals surface area contributed by atoms with Gasteiger partial charge in [-0.25, -0.2) is 0 Å². The second kappa shape index (κ2) is 7.69. The van der Waals surface area contributed by atoms with Gasteiger partial charge in [-0.1, -0.05) is 19.8 Å². The first-order chi connectivity index (χ1) is 7.33. The Kier molecular flexibility index (Phi) is 6.41. The lowest BCUT2D eigenvalue weighted by molar-refractivity contribution is -0.144. The molecule has 1 heterocycles. The summed E-state index contributed by atoms with van der Waals surface area (Å²) in [5, 5.41) is 0. The summed E-state index contributed by atoms with van der Waals surface area (Å²) in [5.74, 6) is -0.0335. The zero-order valence-corrected chi connectivity index (χ0v) is 9.83. The van der Waals surface area contributed by atoms with E-state index in [1.165, 1.54) is 32.4 Å². The van der Waals surface area contributed by atoms with Gasteiger partial charge in [0.15, 0.2) is 0 Å². The van der Waals surface area contributed by atoms with Gasteiger partial charge in [-0.05, 0) is 32.4 Å². The Morgan fingerprint density at radius 3 is 2.67 bits per heavy atom. The number of rotatable bonds is 6. The van der Waals surface area contributed by atoms with Gasteiger partial charge in [0, 0.05) is 13.0 Å². The molecule has 3 nitrogen and oxygen atoms in total. The van der Waals surface area contributed by atoms with E-state index in [-0.39, 0.29) is 5.97 Å². The summed E-state index contributed by atoms with van der Waals surface area (Å²) in [7, 11) is 0. The minimum Gasteiger partial charge on any atom is -0.464 e. The van der Waals surface area contributed by atoms with E-state index in [0.29, 0.717) is 13.0 Å². The van der Waals surface area contributed by atoms with Crippen LogP contribution in [0.1, 0.15) is 45.4 Å². The van der Waals surface area contributed by atoms with Crippen LogP contribution in [0.5, 0.6) is 0 Å².